The Morgan fingerprint density at radius 1 is 0.897 bits per heavy atom. The molecule has 3 N–H and O–H groups in total. The summed E-state index contributed by atoms with van der Waals surface area (Å²) in [5.41, 5.74) is 8.17. The molecule has 0 aromatic heterocycles. The Kier molecular flexibility index (Phi) is 4.94. The van der Waals surface area contributed by atoms with Crippen LogP contribution in [0.1, 0.15) is 62.7 Å². The van der Waals surface area contributed by atoms with Crippen molar-refractivity contribution < 1.29 is 14.6 Å². The second kappa shape index (κ2) is 7.17. The van der Waals surface area contributed by atoms with Crippen LogP contribution < -0.4 is 10.5 Å². The molecule has 29 heavy (non-hydrogen) atoms. The van der Waals surface area contributed by atoms with Crippen LogP contribution in [0, 0.1) is 16.7 Å². The Labute approximate surface area is 173 Å². The minimum Gasteiger partial charge on any atom is -0.478 e. The zero-order valence-corrected chi connectivity index (χ0v) is 17.4. The quantitative estimate of drug-likeness (QED) is 0.684. The van der Waals surface area contributed by atoms with Crippen LogP contribution in [0.15, 0.2) is 54.6 Å². The molecule has 2 atom stereocenters. The maximum absolute atomic E-state index is 10.6. The highest BCUT2D eigenvalue weighted by molar-refractivity contribution is 5.87. The first kappa shape index (κ1) is 20.0. The molecule has 4 aliphatic carbocycles. The van der Waals surface area contributed by atoms with Crippen molar-refractivity contribution in [2.75, 3.05) is 0 Å². The lowest BCUT2D eigenvalue weighted by Gasteiger charge is -2.64. The van der Waals surface area contributed by atoms with Crippen molar-refractivity contribution in [2.24, 2.45) is 22.5 Å². The van der Waals surface area contributed by atoms with Crippen LogP contribution in [0.4, 0.5) is 0 Å². The summed E-state index contributed by atoms with van der Waals surface area (Å²) < 4.78 is 5.52. The minimum atomic E-state index is -0.939. The van der Waals surface area contributed by atoms with Gasteiger partial charge in [0.2, 0.25) is 0 Å². The molecule has 0 amide bonds. The van der Waals surface area contributed by atoms with E-state index < -0.39 is 5.97 Å². The van der Waals surface area contributed by atoms with Crippen LogP contribution in [0.25, 0.3) is 0 Å². The molecular formula is C25H31NO3. The number of para-hydroxylation sites is 1. The third-order valence-corrected chi connectivity index (χ3v) is 6.75. The van der Waals surface area contributed by atoms with Crippen molar-refractivity contribution >= 4 is 5.97 Å². The van der Waals surface area contributed by atoms with Crippen molar-refractivity contribution in [3.63, 3.8) is 0 Å². The number of rotatable bonds is 3. The first-order valence-electron chi connectivity index (χ1n) is 10.5. The molecule has 154 valence electrons. The fourth-order valence-corrected chi connectivity index (χ4v) is 6.83. The number of carbonyl (C=O) groups is 1. The molecule has 0 aliphatic heterocycles. The van der Waals surface area contributed by atoms with Crippen molar-refractivity contribution in [3.8, 4) is 11.5 Å². The van der Waals surface area contributed by atoms with Crippen LogP contribution in [0.2, 0.25) is 0 Å². The fraction of sp³-hybridized carbons (Fsp3) is 0.480. The summed E-state index contributed by atoms with van der Waals surface area (Å²) in [6.45, 7) is 4.94. The van der Waals surface area contributed by atoms with Gasteiger partial charge in [-0.2, -0.15) is 0 Å². The van der Waals surface area contributed by atoms with Gasteiger partial charge in [-0.25, -0.2) is 4.79 Å². The number of benzene rings is 2. The van der Waals surface area contributed by atoms with Gasteiger partial charge in [0.25, 0.3) is 0 Å². The van der Waals surface area contributed by atoms with Crippen LogP contribution in [-0.4, -0.2) is 16.6 Å². The van der Waals surface area contributed by atoms with Gasteiger partial charge in [0.05, 0.1) is 5.56 Å². The van der Waals surface area contributed by atoms with E-state index >= 15 is 0 Å². The van der Waals surface area contributed by atoms with Gasteiger partial charge < -0.3 is 15.6 Å². The van der Waals surface area contributed by atoms with E-state index in [1.54, 1.807) is 12.1 Å². The fourth-order valence-electron chi connectivity index (χ4n) is 6.83. The molecule has 4 nitrogen and oxygen atoms in total. The summed E-state index contributed by atoms with van der Waals surface area (Å²) in [6.07, 6.45) is 8.27. The lowest BCUT2D eigenvalue weighted by molar-refractivity contribution is -0.104. The smallest absolute Gasteiger partial charge is 0.335 e. The molecule has 4 saturated carbocycles. The molecule has 0 heterocycles. The largest absolute Gasteiger partial charge is 0.478 e. The van der Waals surface area contributed by atoms with Crippen LogP contribution in [0.5, 0.6) is 11.5 Å². The standard InChI is InChI=1S/C13H10O3.C12H21N/c14-13(15)10-6-8-12(9-7-10)16-11-4-2-1-3-5-11;1-10-3-9-4-11(2,6-10)8-12(13,5-9)7-10/h1-9H,(H,14,15);9H,3-8,13H2,1-2H3. The molecule has 4 heteroatoms. The zero-order chi connectivity index (χ0) is 20.7. The van der Waals surface area contributed by atoms with Gasteiger partial charge >= 0.3 is 5.97 Å². The molecule has 2 aromatic rings. The number of ether oxygens (including phenoxy) is 1. The average molecular weight is 394 g/mol. The van der Waals surface area contributed by atoms with E-state index in [2.05, 4.69) is 13.8 Å². The Morgan fingerprint density at radius 2 is 1.45 bits per heavy atom. The molecule has 2 unspecified atom stereocenters. The van der Waals surface area contributed by atoms with E-state index in [4.69, 9.17) is 15.6 Å². The van der Waals surface area contributed by atoms with E-state index in [0.717, 1.165) is 11.7 Å². The van der Waals surface area contributed by atoms with E-state index in [1.165, 1.54) is 50.7 Å². The first-order valence-corrected chi connectivity index (χ1v) is 10.5. The first-order chi connectivity index (χ1) is 13.7. The minimum absolute atomic E-state index is 0.225. The predicted molar refractivity (Wildman–Crippen MR) is 114 cm³/mol. The molecule has 2 aromatic carbocycles. The normalized spacial score (nSPS) is 34.2. The van der Waals surface area contributed by atoms with Crippen molar-refractivity contribution in [3.05, 3.63) is 60.2 Å². The number of carboxylic acid groups (broad SMARTS) is 1. The lowest BCUT2D eigenvalue weighted by atomic mass is 9.43. The number of carboxylic acids is 1. The van der Waals surface area contributed by atoms with Crippen molar-refractivity contribution in [1.29, 1.82) is 0 Å². The van der Waals surface area contributed by atoms with Gasteiger partial charge in [-0.3, -0.25) is 0 Å². The summed E-state index contributed by atoms with van der Waals surface area (Å²) in [5.74, 6) is 1.37. The van der Waals surface area contributed by atoms with Crippen LogP contribution in [-0.2, 0) is 0 Å². The average Bonchev–Trinajstić information content (AvgIpc) is 2.59. The van der Waals surface area contributed by atoms with Crippen LogP contribution in [0.3, 0.4) is 0 Å². The summed E-state index contributed by atoms with van der Waals surface area (Å²) in [7, 11) is 0. The number of hydrogen-bond donors (Lipinski definition) is 2. The summed E-state index contributed by atoms with van der Waals surface area (Å²) in [6, 6.07) is 15.6. The highest BCUT2D eigenvalue weighted by Gasteiger charge is 2.58. The Hall–Kier alpha value is -2.33. The molecular weight excluding hydrogens is 362 g/mol. The van der Waals surface area contributed by atoms with Crippen molar-refractivity contribution in [2.45, 2.75) is 57.9 Å². The van der Waals surface area contributed by atoms with Gasteiger partial charge in [0.1, 0.15) is 11.5 Å². The Balaban J connectivity index is 0.000000144. The van der Waals surface area contributed by atoms with E-state index in [0.29, 0.717) is 16.6 Å². The SMILES string of the molecule is CC12CC3CC(C)(C1)CC(N)(C3)C2.O=C(O)c1ccc(Oc2ccccc2)cc1. The highest BCUT2D eigenvalue weighted by Crippen LogP contribution is 2.65. The molecule has 0 radical (unpaired) electrons. The summed E-state index contributed by atoms with van der Waals surface area (Å²) in [4.78, 5) is 10.6. The molecule has 4 aliphatic rings. The Bertz CT molecular complexity index is 826. The number of nitrogens with two attached hydrogens (primary N) is 1. The topological polar surface area (TPSA) is 72.6 Å². The molecule has 4 fully saturated rings. The molecule has 4 bridgehead atoms. The maximum Gasteiger partial charge on any atom is 0.335 e. The number of hydrogen-bond acceptors (Lipinski definition) is 3. The lowest BCUT2D eigenvalue weighted by Crippen LogP contribution is -2.62. The zero-order valence-electron chi connectivity index (χ0n) is 17.4. The second-order valence-electron chi connectivity index (χ2n) is 10.2. The third-order valence-electron chi connectivity index (χ3n) is 6.75. The van der Waals surface area contributed by atoms with Crippen LogP contribution >= 0.6 is 0 Å². The Morgan fingerprint density at radius 3 is 1.93 bits per heavy atom. The maximum atomic E-state index is 10.6. The van der Waals surface area contributed by atoms with Gasteiger partial charge in [-0.15, -0.1) is 0 Å². The predicted octanol–water partition coefficient (Wildman–Crippen LogP) is 5.87. The van der Waals surface area contributed by atoms with E-state index in [-0.39, 0.29) is 11.1 Å². The van der Waals surface area contributed by atoms with E-state index in [1.807, 2.05) is 30.3 Å². The number of aromatic carboxylic acids is 1. The highest BCUT2D eigenvalue weighted by atomic mass is 16.5. The van der Waals surface area contributed by atoms with Gasteiger partial charge in [0, 0.05) is 5.54 Å². The summed E-state index contributed by atoms with van der Waals surface area (Å²) in [5, 5.41) is 8.72. The molecule has 6 rings (SSSR count). The van der Waals surface area contributed by atoms with Gasteiger partial charge in [-0.05, 0) is 91.7 Å². The molecule has 0 spiro atoms. The monoisotopic (exact) mass is 393 g/mol. The van der Waals surface area contributed by atoms with Gasteiger partial charge in [-0.1, -0.05) is 32.0 Å². The summed E-state index contributed by atoms with van der Waals surface area (Å²) >= 11 is 0. The van der Waals surface area contributed by atoms with E-state index in [9.17, 15) is 4.79 Å². The molecule has 0 saturated heterocycles. The van der Waals surface area contributed by atoms with Gasteiger partial charge in [0.15, 0.2) is 0 Å². The second-order valence-corrected chi connectivity index (χ2v) is 10.2. The third kappa shape index (κ3) is 4.48. The van der Waals surface area contributed by atoms with Crippen molar-refractivity contribution in [1.82, 2.24) is 0 Å².